The fourth-order valence-electron chi connectivity index (χ4n) is 2.57. The van der Waals surface area contributed by atoms with E-state index in [1.54, 1.807) is 12.1 Å². The Bertz CT molecular complexity index is 1070. The molecular weight excluding hydrogens is 365 g/mol. The molecule has 0 saturated heterocycles. The monoisotopic (exact) mass is 381 g/mol. The lowest BCUT2D eigenvalue weighted by Crippen LogP contribution is -2.02. The van der Waals surface area contributed by atoms with E-state index in [-0.39, 0.29) is 5.82 Å². The standard InChI is InChI=1S/C19H16FN5OS/c1-2-21-17-14-5-3-4-6-15(14)22-19(24-17)27-11-16-23-18(26-25-16)12-7-9-13(20)10-8-12/h3-10H,2,11H2,1H3,(H,21,22,24). The third kappa shape index (κ3) is 3.90. The van der Waals surface area contributed by atoms with Gasteiger partial charge in [-0.05, 0) is 43.3 Å². The van der Waals surface area contributed by atoms with E-state index in [1.807, 2.05) is 31.2 Å². The highest BCUT2D eigenvalue weighted by atomic mass is 32.2. The van der Waals surface area contributed by atoms with Crippen LogP contribution in [0.1, 0.15) is 12.7 Å². The number of benzene rings is 2. The molecule has 8 heteroatoms. The van der Waals surface area contributed by atoms with E-state index in [2.05, 4.69) is 25.4 Å². The maximum Gasteiger partial charge on any atom is 0.257 e. The third-order valence-electron chi connectivity index (χ3n) is 3.82. The minimum atomic E-state index is -0.306. The molecule has 4 aromatic rings. The van der Waals surface area contributed by atoms with Crippen molar-refractivity contribution in [3.8, 4) is 11.5 Å². The van der Waals surface area contributed by atoms with Crippen LogP contribution in [0, 0.1) is 5.82 Å². The Morgan fingerprint density at radius 2 is 1.85 bits per heavy atom. The van der Waals surface area contributed by atoms with Crippen LogP contribution < -0.4 is 5.32 Å². The molecule has 0 saturated carbocycles. The molecule has 27 heavy (non-hydrogen) atoms. The van der Waals surface area contributed by atoms with Crippen molar-refractivity contribution < 1.29 is 8.91 Å². The summed E-state index contributed by atoms with van der Waals surface area (Å²) in [5.41, 5.74) is 1.56. The van der Waals surface area contributed by atoms with Gasteiger partial charge in [-0.15, -0.1) is 0 Å². The van der Waals surface area contributed by atoms with Gasteiger partial charge in [-0.25, -0.2) is 14.4 Å². The molecule has 0 spiro atoms. The first-order valence-corrected chi connectivity index (χ1v) is 9.43. The van der Waals surface area contributed by atoms with E-state index < -0.39 is 0 Å². The van der Waals surface area contributed by atoms with Crippen molar-refractivity contribution in [3.63, 3.8) is 0 Å². The number of hydrogen-bond donors (Lipinski definition) is 1. The largest absolute Gasteiger partial charge is 0.370 e. The van der Waals surface area contributed by atoms with Gasteiger partial charge < -0.3 is 9.84 Å². The molecule has 0 aliphatic rings. The van der Waals surface area contributed by atoms with Crippen LogP contribution in [0.15, 0.2) is 58.2 Å². The summed E-state index contributed by atoms with van der Waals surface area (Å²) in [4.78, 5) is 13.5. The number of rotatable bonds is 6. The Hall–Kier alpha value is -3.00. The Morgan fingerprint density at radius 1 is 1.04 bits per heavy atom. The minimum absolute atomic E-state index is 0.306. The predicted molar refractivity (Wildman–Crippen MR) is 103 cm³/mol. The van der Waals surface area contributed by atoms with E-state index in [0.717, 1.165) is 23.3 Å². The summed E-state index contributed by atoms with van der Waals surface area (Å²) >= 11 is 1.43. The lowest BCUT2D eigenvalue weighted by Gasteiger charge is -2.08. The average molecular weight is 381 g/mol. The van der Waals surface area contributed by atoms with Crippen molar-refractivity contribution in [1.82, 2.24) is 20.1 Å². The Kier molecular flexibility index (Phi) is 4.97. The van der Waals surface area contributed by atoms with E-state index in [9.17, 15) is 4.39 Å². The molecule has 4 rings (SSSR count). The van der Waals surface area contributed by atoms with E-state index >= 15 is 0 Å². The molecule has 6 nitrogen and oxygen atoms in total. The van der Waals surface area contributed by atoms with E-state index in [4.69, 9.17) is 4.52 Å². The molecule has 2 aromatic heterocycles. The summed E-state index contributed by atoms with van der Waals surface area (Å²) < 4.78 is 18.3. The van der Waals surface area contributed by atoms with Gasteiger partial charge in [0.15, 0.2) is 11.0 Å². The number of nitrogens with one attached hydrogen (secondary N) is 1. The van der Waals surface area contributed by atoms with Crippen LogP contribution in [-0.4, -0.2) is 26.7 Å². The van der Waals surface area contributed by atoms with Crippen molar-refractivity contribution in [3.05, 3.63) is 60.2 Å². The number of fused-ring (bicyclic) bond motifs is 1. The molecule has 0 bridgehead atoms. The van der Waals surface area contributed by atoms with Crippen LogP contribution in [-0.2, 0) is 5.75 Å². The molecule has 136 valence electrons. The third-order valence-corrected chi connectivity index (χ3v) is 4.66. The van der Waals surface area contributed by atoms with Crippen molar-refractivity contribution >= 4 is 28.5 Å². The zero-order valence-corrected chi connectivity index (χ0v) is 15.3. The number of nitrogens with zero attached hydrogens (tertiary/aromatic N) is 4. The van der Waals surface area contributed by atoms with Crippen LogP contribution in [0.25, 0.3) is 22.4 Å². The molecule has 0 atom stereocenters. The average Bonchev–Trinajstić information content (AvgIpc) is 3.16. The zero-order valence-electron chi connectivity index (χ0n) is 14.5. The van der Waals surface area contributed by atoms with Gasteiger partial charge in [0.25, 0.3) is 5.89 Å². The normalized spacial score (nSPS) is 11.0. The highest BCUT2D eigenvalue weighted by molar-refractivity contribution is 7.98. The van der Waals surface area contributed by atoms with Gasteiger partial charge in [-0.2, -0.15) is 4.98 Å². The summed E-state index contributed by atoms with van der Waals surface area (Å²) in [5.74, 6) is 1.86. The number of thioether (sulfide) groups is 1. The van der Waals surface area contributed by atoms with E-state index in [0.29, 0.717) is 28.2 Å². The highest BCUT2D eigenvalue weighted by Gasteiger charge is 2.12. The van der Waals surface area contributed by atoms with Crippen molar-refractivity contribution in [2.75, 3.05) is 11.9 Å². The maximum atomic E-state index is 13.0. The summed E-state index contributed by atoms with van der Waals surface area (Å²) in [6.45, 7) is 2.80. The van der Waals surface area contributed by atoms with Crippen LogP contribution in [0.3, 0.4) is 0 Å². The first-order chi connectivity index (χ1) is 13.2. The number of para-hydroxylation sites is 1. The number of hydrogen-bond acceptors (Lipinski definition) is 7. The van der Waals surface area contributed by atoms with Gasteiger partial charge in [0.1, 0.15) is 11.6 Å². The number of halogens is 1. The quantitative estimate of drug-likeness (QED) is 0.388. The van der Waals surface area contributed by atoms with Gasteiger partial charge in [0.05, 0.1) is 11.3 Å². The first-order valence-electron chi connectivity index (χ1n) is 8.45. The van der Waals surface area contributed by atoms with E-state index in [1.165, 1.54) is 23.9 Å². The van der Waals surface area contributed by atoms with Gasteiger partial charge in [0, 0.05) is 17.5 Å². The molecule has 0 aliphatic heterocycles. The molecule has 0 amide bonds. The minimum Gasteiger partial charge on any atom is -0.370 e. The predicted octanol–water partition coefficient (Wildman–Crippen LogP) is 4.54. The molecule has 1 N–H and O–H groups in total. The Morgan fingerprint density at radius 3 is 2.67 bits per heavy atom. The van der Waals surface area contributed by atoms with Gasteiger partial charge in [-0.1, -0.05) is 29.1 Å². The maximum absolute atomic E-state index is 13.0. The van der Waals surface area contributed by atoms with Crippen LogP contribution in [0.4, 0.5) is 10.2 Å². The Labute approximate surface area is 159 Å². The summed E-state index contributed by atoms with van der Waals surface area (Å²) in [6.07, 6.45) is 0. The highest BCUT2D eigenvalue weighted by Crippen LogP contribution is 2.26. The van der Waals surface area contributed by atoms with Crippen molar-refractivity contribution in [2.45, 2.75) is 17.8 Å². The second kappa shape index (κ2) is 7.71. The topological polar surface area (TPSA) is 76.7 Å². The fraction of sp³-hybridized carbons (Fsp3) is 0.158. The fourth-order valence-corrected chi connectivity index (χ4v) is 3.27. The number of aromatic nitrogens is 4. The lowest BCUT2D eigenvalue weighted by atomic mass is 10.2. The Balaban J connectivity index is 1.53. The molecule has 2 aromatic carbocycles. The molecule has 2 heterocycles. The second-order valence-corrected chi connectivity index (χ2v) is 6.66. The van der Waals surface area contributed by atoms with Crippen molar-refractivity contribution in [1.29, 1.82) is 0 Å². The van der Waals surface area contributed by atoms with Crippen LogP contribution >= 0.6 is 11.8 Å². The summed E-state index contributed by atoms with van der Waals surface area (Å²) in [5, 5.41) is 8.88. The molecule has 0 unspecified atom stereocenters. The van der Waals surface area contributed by atoms with Crippen LogP contribution in [0.5, 0.6) is 0 Å². The lowest BCUT2D eigenvalue weighted by molar-refractivity contribution is 0.425. The van der Waals surface area contributed by atoms with Gasteiger partial charge in [0.2, 0.25) is 0 Å². The molecular formula is C19H16FN5OS. The smallest absolute Gasteiger partial charge is 0.257 e. The van der Waals surface area contributed by atoms with Crippen molar-refractivity contribution in [2.24, 2.45) is 0 Å². The SMILES string of the molecule is CCNc1nc(SCc2noc(-c3ccc(F)cc3)n2)nc2ccccc12. The molecule has 0 radical (unpaired) electrons. The molecule has 0 aliphatic carbocycles. The second-order valence-electron chi connectivity index (χ2n) is 5.71. The summed E-state index contributed by atoms with van der Waals surface area (Å²) in [6, 6.07) is 13.8. The summed E-state index contributed by atoms with van der Waals surface area (Å²) in [7, 11) is 0. The van der Waals surface area contributed by atoms with Gasteiger partial charge >= 0.3 is 0 Å². The van der Waals surface area contributed by atoms with Gasteiger partial charge in [-0.3, -0.25) is 0 Å². The zero-order chi connectivity index (χ0) is 18.6. The molecule has 0 fully saturated rings. The van der Waals surface area contributed by atoms with Crippen LogP contribution in [0.2, 0.25) is 0 Å². The number of anilines is 1. The first kappa shape index (κ1) is 17.4.